The summed E-state index contributed by atoms with van der Waals surface area (Å²) in [6.45, 7) is 4.83. The normalized spacial score (nSPS) is 19.7. The summed E-state index contributed by atoms with van der Waals surface area (Å²) in [5, 5.41) is 8.19. The minimum Gasteiger partial charge on any atom is -0.481 e. The van der Waals surface area contributed by atoms with Crippen molar-refractivity contribution in [2.24, 2.45) is 7.05 Å². The van der Waals surface area contributed by atoms with Gasteiger partial charge < -0.3 is 15.0 Å². The van der Waals surface area contributed by atoms with Gasteiger partial charge in [-0.1, -0.05) is 11.6 Å². The third-order valence-corrected chi connectivity index (χ3v) is 7.67. The van der Waals surface area contributed by atoms with Crippen molar-refractivity contribution >= 4 is 23.3 Å². The molecule has 0 unspecified atom stereocenters. The molecule has 2 atom stereocenters. The van der Waals surface area contributed by atoms with Crippen LogP contribution in [0, 0.1) is 6.92 Å². The van der Waals surface area contributed by atoms with E-state index >= 15 is 0 Å². The van der Waals surface area contributed by atoms with Gasteiger partial charge in [-0.2, -0.15) is 5.10 Å². The summed E-state index contributed by atoms with van der Waals surface area (Å²) in [5.74, 6) is 0.582. The molecular formula is C25H28ClF2N7O2. The van der Waals surface area contributed by atoms with Crippen molar-refractivity contribution in [2.45, 2.75) is 51.0 Å². The fraction of sp³-hybridized carbons (Fsp3) is 0.480. The summed E-state index contributed by atoms with van der Waals surface area (Å²) in [7, 11) is 2.98. The van der Waals surface area contributed by atoms with E-state index in [1.54, 1.807) is 6.07 Å². The molecule has 0 aromatic carbocycles. The van der Waals surface area contributed by atoms with Crippen LogP contribution in [0.3, 0.4) is 0 Å². The number of likely N-dealkylation sites (tertiary alicyclic amines) is 1. The number of aryl methyl sites for hydroxylation is 3. The van der Waals surface area contributed by atoms with Crippen LogP contribution in [0.2, 0.25) is 5.02 Å². The summed E-state index contributed by atoms with van der Waals surface area (Å²) < 4.78 is 32.7. The van der Waals surface area contributed by atoms with Crippen LogP contribution < -0.4 is 10.1 Å². The Kier molecular flexibility index (Phi) is 6.51. The van der Waals surface area contributed by atoms with E-state index in [1.165, 1.54) is 20.4 Å². The minimum atomic E-state index is -2.70. The van der Waals surface area contributed by atoms with Crippen molar-refractivity contribution in [3.8, 4) is 17.3 Å². The molecule has 0 aliphatic carbocycles. The highest BCUT2D eigenvalue weighted by Crippen LogP contribution is 2.39. The third kappa shape index (κ3) is 4.60. The highest BCUT2D eigenvalue weighted by Gasteiger charge is 2.43. The van der Waals surface area contributed by atoms with Crippen LogP contribution in [0.25, 0.3) is 11.4 Å². The SMILES string of the molecule is COc1cc([C@@H](C)C(=O)N2CC[C@@]3(CCc4cc(-c5nc(C(F)F)n(C)n5)c(C)nc4N3)C2)c(Cl)cn1. The summed E-state index contributed by atoms with van der Waals surface area (Å²) in [5.41, 5.74) is 2.67. The summed E-state index contributed by atoms with van der Waals surface area (Å²) in [4.78, 5) is 28.1. The second-order valence-corrected chi connectivity index (χ2v) is 10.1. The molecule has 1 saturated heterocycles. The lowest BCUT2D eigenvalue weighted by atomic mass is 9.86. The van der Waals surface area contributed by atoms with E-state index in [4.69, 9.17) is 21.3 Å². The maximum absolute atomic E-state index is 13.4. The molecule has 3 aromatic rings. The second kappa shape index (κ2) is 9.51. The Morgan fingerprint density at radius 3 is 2.76 bits per heavy atom. The second-order valence-electron chi connectivity index (χ2n) is 9.73. The van der Waals surface area contributed by atoms with Crippen LogP contribution in [-0.4, -0.2) is 61.3 Å². The minimum absolute atomic E-state index is 0.00447. The molecule has 1 spiro atoms. The van der Waals surface area contributed by atoms with Gasteiger partial charge >= 0.3 is 0 Å². The third-order valence-electron chi connectivity index (χ3n) is 7.35. The molecule has 2 aliphatic heterocycles. The van der Waals surface area contributed by atoms with Crippen molar-refractivity contribution in [1.82, 2.24) is 29.6 Å². The maximum Gasteiger partial charge on any atom is 0.297 e. The van der Waals surface area contributed by atoms with E-state index in [1.807, 2.05) is 24.8 Å². The van der Waals surface area contributed by atoms with Gasteiger partial charge in [0.15, 0.2) is 11.6 Å². The molecular weight excluding hydrogens is 504 g/mol. The van der Waals surface area contributed by atoms with E-state index in [9.17, 15) is 13.6 Å². The van der Waals surface area contributed by atoms with E-state index in [-0.39, 0.29) is 23.1 Å². The number of methoxy groups -OCH3 is 1. The Hall–Kier alpha value is -3.34. The largest absolute Gasteiger partial charge is 0.481 e. The highest BCUT2D eigenvalue weighted by atomic mass is 35.5. The molecule has 0 bridgehead atoms. The molecule has 37 heavy (non-hydrogen) atoms. The predicted molar refractivity (Wildman–Crippen MR) is 134 cm³/mol. The van der Waals surface area contributed by atoms with Crippen LogP contribution in [0.1, 0.15) is 54.8 Å². The Balaban J connectivity index is 1.33. The predicted octanol–water partition coefficient (Wildman–Crippen LogP) is 4.31. The van der Waals surface area contributed by atoms with Crippen molar-refractivity contribution in [3.63, 3.8) is 0 Å². The number of fused-ring (bicyclic) bond motifs is 1. The number of hydrogen-bond donors (Lipinski definition) is 1. The monoisotopic (exact) mass is 531 g/mol. The van der Waals surface area contributed by atoms with Crippen LogP contribution in [0.15, 0.2) is 18.3 Å². The van der Waals surface area contributed by atoms with Gasteiger partial charge in [0.1, 0.15) is 5.82 Å². The zero-order chi connectivity index (χ0) is 26.5. The van der Waals surface area contributed by atoms with E-state index in [2.05, 4.69) is 20.4 Å². The maximum atomic E-state index is 13.4. The number of ether oxygens (including phenoxy) is 1. The highest BCUT2D eigenvalue weighted by molar-refractivity contribution is 6.31. The number of anilines is 1. The zero-order valence-corrected chi connectivity index (χ0v) is 21.8. The molecule has 1 amide bonds. The summed E-state index contributed by atoms with van der Waals surface area (Å²) in [6.07, 6.45) is 1.14. The molecule has 1 fully saturated rings. The average molecular weight is 532 g/mol. The summed E-state index contributed by atoms with van der Waals surface area (Å²) in [6, 6.07) is 3.64. The van der Waals surface area contributed by atoms with E-state index in [0.29, 0.717) is 40.8 Å². The number of carbonyl (C=O) groups excluding carboxylic acids is 1. The molecule has 5 heterocycles. The van der Waals surface area contributed by atoms with Gasteiger partial charge in [0.25, 0.3) is 6.43 Å². The molecule has 1 N–H and O–H groups in total. The van der Waals surface area contributed by atoms with Crippen molar-refractivity contribution in [2.75, 3.05) is 25.5 Å². The molecule has 12 heteroatoms. The molecule has 196 valence electrons. The van der Waals surface area contributed by atoms with Crippen LogP contribution in [0.4, 0.5) is 14.6 Å². The van der Waals surface area contributed by atoms with Crippen LogP contribution in [-0.2, 0) is 18.3 Å². The first-order valence-corrected chi connectivity index (χ1v) is 12.4. The van der Waals surface area contributed by atoms with Crippen LogP contribution in [0.5, 0.6) is 5.88 Å². The zero-order valence-electron chi connectivity index (χ0n) is 21.1. The van der Waals surface area contributed by atoms with Gasteiger partial charge in [0.05, 0.1) is 29.3 Å². The van der Waals surface area contributed by atoms with Gasteiger partial charge in [-0.3, -0.25) is 4.79 Å². The van der Waals surface area contributed by atoms with Gasteiger partial charge in [0, 0.05) is 38.0 Å². The number of nitrogens with zero attached hydrogens (tertiary/aromatic N) is 6. The lowest BCUT2D eigenvalue weighted by Crippen LogP contribution is -2.46. The number of rotatable bonds is 5. The number of halogens is 3. The molecule has 9 nitrogen and oxygen atoms in total. The van der Waals surface area contributed by atoms with Gasteiger partial charge in [-0.05, 0) is 50.3 Å². The first-order valence-electron chi connectivity index (χ1n) is 12.1. The number of amides is 1. The molecule has 5 rings (SSSR count). The average Bonchev–Trinajstić information content (AvgIpc) is 3.46. The van der Waals surface area contributed by atoms with Gasteiger partial charge in [-0.25, -0.2) is 28.4 Å². The quantitative estimate of drug-likeness (QED) is 0.524. The standard InChI is InChI=1S/C25H28ClF2N7O2/c1-13(16-10-19(37-4)29-11-18(16)26)24(36)35-8-7-25(12-35)6-5-15-9-17(14(2)30-21(15)32-25)22-31-23(20(27)28)34(3)33-22/h9-11,13,20H,5-8,12H2,1-4H3,(H,30,32)/t13-,25+/m1/s1. The Morgan fingerprint density at radius 2 is 2.05 bits per heavy atom. The van der Waals surface area contributed by atoms with Crippen molar-refractivity contribution < 1.29 is 18.3 Å². The first-order chi connectivity index (χ1) is 17.6. The Bertz CT molecular complexity index is 1370. The van der Waals surface area contributed by atoms with Crippen molar-refractivity contribution in [1.29, 1.82) is 0 Å². The fourth-order valence-corrected chi connectivity index (χ4v) is 5.48. The number of aromatic nitrogens is 5. The molecule has 0 radical (unpaired) electrons. The Labute approximate surface area is 218 Å². The fourth-order valence-electron chi connectivity index (χ4n) is 5.21. The smallest absolute Gasteiger partial charge is 0.297 e. The lowest BCUT2D eigenvalue weighted by Gasteiger charge is -2.36. The number of pyridine rings is 2. The molecule has 2 aliphatic rings. The number of alkyl halides is 2. The van der Waals surface area contributed by atoms with Crippen LogP contribution >= 0.6 is 11.6 Å². The molecule has 0 saturated carbocycles. The van der Waals surface area contributed by atoms with E-state index in [0.717, 1.165) is 35.3 Å². The topological polar surface area (TPSA) is 98.1 Å². The lowest BCUT2D eigenvalue weighted by molar-refractivity contribution is -0.131. The van der Waals surface area contributed by atoms with E-state index < -0.39 is 12.3 Å². The summed E-state index contributed by atoms with van der Waals surface area (Å²) >= 11 is 6.34. The molecule has 3 aromatic heterocycles. The van der Waals surface area contributed by atoms with Gasteiger partial charge in [-0.15, -0.1) is 0 Å². The number of carbonyl (C=O) groups is 1. The first kappa shape index (κ1) is 25.3. The van der Waals surface area contributed by atoms with Gasteiger partial charge in [0.2, 0.25) is 11.8 Å². The number of hydrogen-bond acceptors (Lipinski definition) is 7. The number of nitrogens with one attached hydrogen (secondary N) is 1. The Morgan fingerprint density at radius 1 is 1.27 bits per heavy atom. The van der Waals surface area contributed by atoms with Crippen molar-refractivity contribution in [3.05, 3.63) is 46.0 Å².